The molecule has 0 fully saturated rings. The van der Waals surface area contributed by atoms with E-state index in [0.717, 1.165) is 16.4 Å². The summed E-state index contributed by atoms with van der Waals surface area (Å²) in [7, 11) is 0. The van der Waals surface area contributed by atoms with Gasteiger partial charge in [-0.1, -0.05) is 11.8 Å². The molecule has 1 aliphatic rings. The lowest BCUT2D eigenvalue weighted by Crippen LogP contribution is -2.04. The Balaban J connectivity index is 1.82. The molecule has 0 saturated heterocycles. The second-order valence-electron chi connectivity index (χ2n) is 4.02. The molecule has 98 valence electrons. The van der Waals surface area contributed by atoms with Gasteiger partial charge in [-0.25, -0.2) is 9.37 Å². The Labute approximate surface area is 113 Å². The van der Waals surface area contributed by atoms with E-state index in [9.17, 15) is 9.18 Å². The van der Waals surface area contributed by atoms with Crippen LogP contribution in [0.2, 0.25) is 0 Å². The Bertz CT molecular complexity index is 610. The first kappa shape index (κ1) is 12.2. The number of hydrogen-bond acceptors (Lipinski definition) is 4. The fraction of sp³-hybridized carbons (Fsp3) is 0.231. The van der Waals surface area contributed by atoms with Gasteiger partial charge in [0.15, 0.2) is 5.16 Å². The van der Waals surface area contributed by atoms with Crippen LogP contribution in [-0.2, 0) is 0 Å². The van der Waals surface area contributed by atoms with E-state index in [1.54, 1.807) is 22.9 Å². The van der Waals surface area contributed by atoms with Crippen molar-refractivity contribution < 1.29 is 13.9 Å². The molecule has 0 bridgehead atoms. The van der Waals surface area contributed by atoms with E-state index in [-0.39, 0.29) is 12.5 Å². The number of halogens is 1. The number of hydrogen-bond donors (Lipinski definition) is 0. The minimum absolute atomic E-state index is 0.0571. The Morgan fingerprint density at radius 3 is 2.84 bits per heavy atom. The lowest BCUT2D eigenvalue weighted by Gasteiger charge is -2.03. The summed E-state index contributed by atoms with van der Waals surface area (Å²) in [5, 5.41) is 0.734. The third-order valence-electron chi connectivity index (χ3n) is 2.76. The smallest absolute Gasteiger partial charge is 0.243 e. The number of rotatable bonds is 4. The zero-order valence-corrected chi connectivity index (χ0v) is 10.8. The molecule has 4 nitrogen and oxygen atoms in total. The quantitative estimate of drug-likeness (QED) is 0.862. The van der Waals surface area contributed by atoms with E-state index in [1.165, 1.54) is 11.8 Å². The van der Waals surface area contributed by atoms with Crippen LogP contribution < -0.4 is 4.74 Å². The van der Waals surface area contributed by atoms with Crippen LogP contribution in [0, 0.1) is 0 Å². The van der Waals surface area contributed by atoms with E-state index in [4.69, 9.17) is 4.74 Å². The molecule has 1 aromatic carbocycles. The van der Waals surface area contributed by atoms with Crippen LogP contribution in [0.5, 0.6) is 5.75 Å². The summed E-state index contributed by atoms with van der Waals surface area (Å²) in [4.78, 5) is 15.9. The van der Waals surface area contributed by atoms with Crippen molar-refractivity contribution in [1.29, 1.82) is 0 Å². The van der Waals surface area contributed by atoms with Crippen molar-refractivity contribution in [2.24, 2.45) is 0 Å². The summed E-state index contributed by atoms with van der Waals surface area (Å²) < 4.78 is 18.7. The fourth-order valence-electron chi connectivity index (χ4n) is 1.86. The zero-order valence-electron chi connectivity index (χ0n) is 10.0. The minimum atomic E-state index is -0.505. The van der Waals surface area contributed by atoms with Crippen molar-refractivity contribution >= 4 is 17.7 Å². The molecule has 0 spiro atoms. The highest BCUT2D eigenvalue weighted by Crippen LogP contribution is 2.29. The molecule has 0 N–H and O–H groups in total. The van der Waals surface area contributed by atoms with Crippen LogP contribution in [0.1, 0.15) is 4.79 Å². The molecule has 1 aromatic heterocycles. The molecule has 1 aliphatic heterocycles. The van der Waals surface area contributed by atoms with Gasteiger partial charge in [0.2, 0.25) is 5.91 Å². The molecular formula is C13H11FN2O2S. The largest absolute Gasteiger partial charge is 0.491 e. The van der Waals surface area contributed by atoms with Gasteiger partial charge in [0.1, 0.15) is 19.0 Å². The first-order valence-corrected chi connectivity index (χ1v) is 6.81. The van der Waals surface area contributed by atoms with Crippen molar-refractivity contribution in [1.82, 2.24) is 9.55 Å². The molecule has 0 atom stereocenters. The molecule has 0 unspecified atom stereocenters. The number of alkyl halides is 1. The van der Waals surface area contributed by atoms with Gasteiger partial charge in [-0.15, -0.1) is 0 Å². The minimum Gasteiger partial charge on any atom is -0.491 e. The highest BCUT2D eigenvalue weighted by molar-refractivity contribution is 8.00. The maximum absolute atomic E-state index is 12.0. The molecule has 2 aromatic rings. The van der Waals surface area contributed by atoms with Crippen LogP contribution in [-0.4, -0.2) is 34.5 Å². The maximum Gasteiger partial charge on any atom is 0.243 e. The maximum atomic E-state index is 12.0. The van der Waals surface area contributed by atoms with Gasteiger partial charge < -0.3 is 4.74 Å². The molecule has 2 heterocycles. The Morgan fingerprint density at radius 1 is 1.37 bits per heavy atom. The topological polar surface area (TPSA) is 44.1 Å². The summed E-state index contributed by atoms with van der Waals surface area (Å²) in [6, 6.07) is 7.23. The Kier molecular flexibility index (Phi) is 3.25. The van der Waals surface area contributed by atoms with Gasteiger partial charge in [0.05, 0.1) is 11.4 Å². The summed E-state index contributed by atoms with van der Waals surface area (Å²) in [5.74, 6) is 1.14. The van der Waals surface area contributed by atoms with Crippen LogP contribution in [0.3, 0.4) is 0 Å². The molecule has 6 heteroatoms. The molecule has 0 radical (unpaired) electrons. The molecular weight excluding hydrogens is 267 g/mol. The number of nitrogens with zero attached hydrogens (tertiary/aromatic N) is 2. The van der Waals surface area contributed by atoms with Crippen LogP contribution in [0.15, 0.2) is 35.6 Å². The van der Waals surface area contributed by atoms with Gasteiger partial charge in [-0.3, -0.25) is 9.36 Å². The van der Waals surface area contributed by atoms with Gasteiger partial charge in [0.25, 0.3) is 0 Å². The number of imidazole rings is 1. The van der Waals surface area contributed by atoms with E-state index >= 15 is 0 Å². The molecule has 19 heavy (non-hydrogen) atoms. The molecule has 0 amide bonds. The van der Waals surface area contributed by atoms with Crippen molar-refractivity contribution in [3.05, 3.63) is 30.5 Å². The van der Waals surface area contributed by atoms with E-state index in [0.29, 0.717) is 11.5 Å². The van der Waals surface area contributed by atoms with Gasteiger partial charge in [-0.05, 0) is 24.3 Å². The number of aromatic nitrogens is 2. The van der Waals surface area contributed by atoms with Crippen LogP contribution >= 0.6 is 11.8 Å². The van der Waals surface area contributed by atoms with Crippen LogP contribution in [0.4, 0.5) is 4.39 Å². The lowest BCUT2D eigenvalue weighted by molar-refractivity contribution is 0.0939. The highest BCUT2D eigenvalue weighted by atomic mass is 32.2. The summed E-state index contributed by atoms with van der Waals surface area (Å²) >= 11 is 1.44. The first-order valence-electron chi connectivity index (χ1n) is 5.82. The first-order chi connectivity index (χ1) is 9.28. The van der Waals surface area contributed by atoms with Crippen molar-refractivity contribution in [2.45, 2.75) is 5.16 Å². The number of ether oxygens (including phenoxy) is 1. The fourth-order valence-corrected chi connectivity index (χ4v) is 2.71. The van der Waals surface area contributed by atoms with Crippen molar-refractivity contribution in [2.75, 3.05) is 19.0 Å². The summed E-state index contributed by atoms with van der Waals surface area (Å²) in [6.45, 7) is -0.446. The number of fused-ring (bicyclic) bond motifs is 1. The standard InChI is InChI=1S/C13H11FN2O2S/c14-5-6-18-10-3-1-9(2-4-10)11-7-16-12(17)8-19-13(16)15-11/h1-4,7H,5-6,8H2. The third-order valence-corrected chi connectivity index (χ3v) is 3.70. The molecule has 0 aliphatic carbocycles. The highest BCUT2D eigenvalue weighted by Gasteiger charge is 2.22. The number of benzene rings is 1. The monoisotopic (exact) mass is 278 g/mol. The Morgan fingerprint density at radius 2 is 2.16 bits per heavy atom. The van der Waals surface area contributed by atoms with Gasteiger partial charge in [-0.2, -0.15) is 0 Å². The van der Waals surface area contributed by atoms with Gasteiger partial charge in [0, 0.05) is 11.8 Å². The van der Waals surface area contributed by atoms with E-state index in [2.05, 4.69) is 4.98 Å². The summed E-state index contributed by atoms with van der Waals surface area (Å²) in [5.41, 5.74) is 1.66. The van der Waals surface area contributed by atoms with Crippen molar-refractivity contribution in [3.8, 4) is 17.0 Å². The predicted octanol–water partition coefficient (Wildman–Crippen LogP) is 2.64. The van der Waals surface area contributed by atoms with Gasteiger partial charge >= 0.3 is 0 Å². The average Bonchev–Trinajstić information content (AvgIpc) is 3.00. The third kappa shape index (κ3) is 2.35. The average molecular weight is 278 g/mol. The SMILES string of the molecule is O=C1CSc2nc(-c3ccc(OCCF)cc3)cn21. The van der Waals surface area contributed by atoms with E-state index < -0.39 is 6.67 Å². The van der Waals surface area contributed by atoms with E-state index in [1.807, 2.05) is 12.1 Å². The number of thioether (sulfide) groups is 1. The zero-order chi connectivity index (χ0) is 13.2. The molecule has 3 rings (SSSR count). The summed E-state index contributed by atoms with van der Waals surface area (Å²) in [6.07, 6.45) is 1.75. The second-order valence-corrected chi connectivity index (χ2v) is 4.97. The second kappa shape index (κ2) is 5.05. The molecule has 0 saturated carbocycles. The predicted molar refractivity (Wildman–Crippen MR) is 70.5 cm³/mol. The van der Waals surface area contributed by atoms with Crippen molar-refractivity contribution in [3.63, 3.8) is 0 Å². The normalized spacial score (nSPS) is 13.6. The van der Waals surface area contributed by atoms with Crippen LogP contribution in [0.25, 0.3) is 11.3 Å². The number of carbonyl (C=O) groups is 1. The Hall–Kier alpha value is -1.82. The lowest BCUT2D eigenvalue weighted by atomic mass is 10.2. The number of carbonyl (C=O) groups excluding carboxylic acids is 1.